The average Bonchev–Trinajstić information content (AvgIpc) is 2.89. The first-order valence-corrected chi connectivity index (χ1v) is 14.9. The highest BCUT2D eigenvalue weighted by Crippen LogP contribution is 2.54. The van der Waals surface area contributed by atoms with Crippen LogP contribution in [-0.2, 0) is 31.5 Å². The lowest BCUT2D eigenvalue weighted by Crippen LogP contribution is -2.40. The number of hydrogen-bond acceptors (Lipinski definition) is 5. The van der Waals surface area contributed by atoms with Crippen LogP contribution >= 0.6 is 7.37 Å². The summed E-state index contributed by atoms with van der Waals surface area (Å²) in [4.78, 5) is 26.6. The first kappa shape index (κ1) is 29.3. The molecule has 7 heteroatoms. The van der Waals surface area contributed by atoms with Crippen LogP contribution in [0, 0.1) is 5.92 Å². The lowest BCUT2D eigenvalue weighted by Gasteiger charge is -2.32. The Balaban J connectivity index is 1.98. The summed E-state index contributed by atoms with van der Waals surface area (Å²) in [7, 11) is -3.61. The molecule has 3 aromatic carbocycles. The maximum Gasteiger partial charge on any atom is 0.310 e. The zero-order valence-corrected chi connectivity index (χ0v) is 23.5. The first-order valence-electron chi connectivity index (χ1n) is 13.0. The van der Waals surface area contributed by atoms with Crippen molar-refractivity contribution in [3.8, 4) is 0 Å². The van der Waals surface area contributed by atoms with Gasteiger partial charge in [-0.1, -0.05) is 78.9 Å². The van der Waals surface area contributed by atoms with Crippen LogP contribution in [-0.4, -0.2) is 36.0 Å². The molecule has 0 aliphatic carbocycles. The predicted octanol–water partition coefficient (Wildman–Crippen LogP) is 6.50. The summed E-state index contributed by atoms with van der Waals surface area (Å²) in [6.45, 7) is 7.38. The van der Waals surface area contributed by atoms with Crippen molar-refractivity contribution in [3.05, 3.63) is 108 Å². The Morgan fingerprint density at radius 1 is 0.816 bits per heavy atom. The highest BCUT2D eigenvalue weighted by Gasteiger charge is 2.41. The maximum atomic E-state index is 14.7. The molecule has 1 N–H and O–H groups in total. The van der Waals surface area contributed by atoms with E-state index >= 15 is 0 Å². The standard InChI is InChI=1S/C31H38NO5P/c1-5-36-38(35,23-27(30(34)37-31(2,3)4)21-24-15-9-6-10-16-24)28(22-25-17-11-7-12-18-25)32-29(33)26-19-13-8-14-20-26/h6-20,27-28H,5,21-23H2,1-4H3,(H,32,33)/t27-,28-,38?/m1/s1. The molecule has 0 aliphatic rings. The van der Waals surface area contributed by atoms with Crippen LogP contribution in [0.25, 0.3) is 0 Å². The van der Waals surface area contributed by atoms with Gasteiger partial charge >= 0.3 is 5.97 Å². The number of carbonyl (C=O) groups is 2. The fourth-order valence-corrected chi connectivity index (χ4v) is 6.92. The highest BCUT2D eigenvalue weighted by atomic mass is 31.2. The highest BCUT2D eigenvalue weighted by molar-refractivity contribution is 7.59. The lowest BCUT2D eigenvalue weighted by atomic mass is 10.0. The molecule has 1 unspecified atom stereocenters. The van der Waals surface area contributed by atoms with Gasteiger partial charge in [-0.05, 0) is 57.4 Å². The second kappa shape index (κ2) is 13.5. The minimum Gasteiger partial charge on any atom is -0.460 e. The monoisotopic (exact) mass is 535 g/mol. The fraction of sp³-hybridized carbons (Fsp3) is 0.355. The smallest absolute Gasteiger partial charge is 0.310 e. The lowest BCUT2D eigenvalue weighted by molar-refractivity contribution is -0.159. The molecule has 0 radical (unpaired) electrons. The number of esters is 1. The molecule has 1 amide bonds. The van der Waals surface area contributed by atoms with Crippen molar-refractivity contribution in [2.24, 2.45) is 5.92 Å². The summed E-state index contributed by atoms with van der Waals surface area (Å²) in [6, 6.07) is 27.9. The first-order chi connectivity index (χ1) is 18.1. The molecule has 3 atom stereocenters. The van der Waals surface area contributed by atoms with Gasteiger partial charge < -0.3 is 14.6 Å². The third-order valence-corrected chi connectivity index (χ3v) is 8.87. The molecule has 0 fully saturated rings. The van der Waals surface area contributed by atoms with E-state index in [4.69, 9.17) is 9.26 Å². The molecule has 3 rings (SSSR count). The van der Waals surface area contributed by atoms with Crippen molar-refractivity contribution in [2.75, 3.05) is 12.8 Å². The van der Waals surface area contributed by atoms with E-state index in [1.807, 2.05) is 87.5 Å². The summed E-state index contributed by atoms with van der Waals surface area (Å²) in [5.41, 5.74) is 1.59. The molecule has 0 saturated heterocycles. The number of hydrogen-bond donors (Lipinski definition) is 1. The molecule has 0 aromatic heterocycles. The van der Waals surface area contributed by atoms with Crippen LogP contribution in [0.1, 0.15) is 49.2 Å². The average molecular weight is 536 g/mol. The third-order valence-electron chi connectivity index (χ3n) is 5.97. The largest absolute Gasteiger partial charge is 0.460 e. The minimum absolute atomic E-state index is 0.0583. The van der Waals surface area contributed by atoms with E-state index in [1.165, 1.54) is 0 Å². The van der Waals surface area contributed by atoms with Crippen molar-refractivity contribution >= 4 is 19.2 Å². The van der Waals surface area contributed by atoms with Gasteiger partial charge in [0, 0.05) is 18.1 Å². The third kappa shape index (κ3) is 8.97. The molecule has 202 valence electrons. The Morgan fingerprint density at radius 2 is 1.32 bits per heavy atom. The molecule has 0 saturated carbocycles. The number of rotatable bonds is 12. The summed E-state index contributed by atoms with van der Waals surface area (Å²) in [5, 5.41) is 2.98. The summed E-state index contributed by atoms with van der Waals surface area (Å²) >= 11 is 0. The van der Waals surface area contributed by atoms with Gasteiger partial charge in [-0.3, -0.25) is 14.2 Å². The molecule has 3 aromatic rings. The Bertz CT molecular complexity index is 1210. The van der Waals surface area contributed by atoms with Crippen LogP contribution in [0.3, 0.4) is 0 Å². The van der Waals surface area contributed by atoms with Gasteiger partial charge in [0.05, 0.1) is 12.5 Å². The molecule has 38 heavy (non-hydrogen) atoms. The van der Waals surface area contributed by atoms with Crippen molar-refractivity contribution in [1.82, 2.24) is 5.32 Å². The van der Waals surface area contributed by atoms with Crippen molar-refractivity contribution in [1.29, 1.82) is 0 Å². The quantitative estimate of drug-likeness (QED) is 0.211. The summed E-state index contributed by atoms with van der Waals surface area (Å²) in [6.07, 6.45) is 0.581. The van der Waals surface area contributed by atoms with Gasteiger partial charge in [0.25, 0.3) is 5.91 Å². The van der Waals surface area contributed by atoms with Crippen LogP contribution in [0.5, 0.6) is 0 Å². The normalized spacial score (nSPS) is 14.6. The van der Waals surface area contributed by atoms with E-state index in [0.717, 1.165) is 11.1 Å². The number of nitrogens with one attached hydrogen (secondary N) is 1. The zero-order valence-electron chi connectivity index (χ0n) is 22.6. The number of carbonyl (C=O) groups excluding carboxylic acids is 2. The minimum atomic E-state index is -3.61. The fourth-order valence-electron chi connectivity index (χ4n) is 4.25. The van der Waals surface area contributed by atoms with E-state index in [0.29, 0.717) is 18.4 Å². The second-order valence-electron chi connectivity index (χ2n) is 10.3. The zero-order chi connectivity index (χ0) is 27.6. The van der Waals surface area contributed by atoms with E-state index in [1.54, 1.807) is 31.2 Å². The van der Waals surface area contributed by atoms with Crippen LogP contribution in [0.2, 0.25) is 0 Å². The van der Waals surface area contributed by atoms with Crippen molar-refractivity contribution < 1.29 is 23.4 Å². The SMILES string of the molecule is CCOP(=O)(C[C@@H](Cc1ccccc1)C(=O)OC(C)(C)C)[C@H](Cc1ccccc1)NC(=O)c1ccccc1. The summed E-state index contributed by atoms with van der Waals surface area (Å²) in [5.74, 6) is -2.34. The van der Waals surface area contributed by atoms with Crippen LogP contribution < -0.4 is 5.32 Å². The predicted molar refractivity (Wildman–Crippen MR) is 151 cm³/mol. The van der Waals surface area contributed by atoms with Gasteiger partial charge in [0.2, 0.25) is 7.37 Å². The van der Waals surface area contributed by atoms with E-state index in [-0.39, 0.29) is 18.7 Å². The van der Waals surface area contributed by atoms with Crippen LogP contribution in [0.4, 0.5) is 0 Å². The Morgan fingerprint density at radius 3 is 1.82 bits per heavy atom. The summed E-state index contributed by atoms with van der Waals surface area (Å²) < 4.78 is 26.4. The van der Waals surface area contributed by atoms with Gasteiger partial charge in [0.15, 0.2) is 0 Å². The molecule has 0 spiro atoms. The molecular weight excluding hydrogens is 497 g/mol. The molecule has 0 heterocycles. The van der Waals surface area contributed by atoms with Crippen molar-refractivity contribution in [2.45, 2.75) is 51.9 Å². The molecule has 0 bridgehead atoms. The maximum absolute atomic E-state index is 14.7. The van der Waals surface area contributed by atoms with E-state index in [2.05, 4.69) is 5.32 Å². The van der Waals surface area contributed by atoms with Gasteiger partial charge in [-0.15, -0.1) is 0 Å². The van der Waals surface area contributed by atoms with E-state index < -0.39 is 30.6 Å². The second-order valence-corrected chi connectivity index (χ2v) is 13.0. The van der Waals surface area contributed by atoms with Gasteiger partial charge in [-0.25, -0.2) is 0 Å². The molecule has 0 aliphatic heterocycles. The topological polar surface area (TPSA) is 81.7 Å². The van der Waals surface area contributed by atoms with Crippen LogP contribution in [0.15, 0.2) is 91.0 Å². The van der Waals surface area contributed by atoms with E-state index in [9.17, 15) is 14.2 Å². The van der Waals surface area contributed by atoms with Gasteiger partial charge in [-0.2, -0.15) is 0 Å². The van der Waals surface area contributed by atoms with Gasteiger partial charge in [0.1, 0.15) is 11.4 Å². The number of ether oxygens (including phenoxy) is 1. The number of amides is 1. The van der Waals surface area contributed by atoms with Crippen molar-refractivity contribution in [3.63, 3.8) is 0 Å². The number of benzene rings is 3. The molecular formula is C31H38NO5P. The molecule has 6 nitrogen and oxygen atoms in total. The Hall–Kier alpha value is -3.21. The Kier molecular flexibility index (Phi) is 10.5. The Labute approximate surface area is 226 Å².